The van der Waals surface area contributed by atoms with E-state index < -0.39 is 5.78 Å². The van der Waals surface area contributed by atoms with Gasteiger partial charge >= 0.3 is 0 Å². The molecule has 0 spiro atoms. The number of phenolic OH excluding ortho intramolecular Hbond substituents is 2. The highest BCUT2D eigenvalue weighted by molar-refractivity contribution is 6.10. The van der Waals surface area contributed by atoms with E-state index in [1.165, 1.54) is 47.2 Å². The molecule has 5 nitrogen and oxygen atoms in total. The predicted octanol–water partition coefficient (Wildman–Crippen LogP) is 2.87. The molecule has 3 rings (SSSR count). The van der Waals surface area contributed by atoms with Crippen molar-refractivity contribution < 1.29 is 19.4 Å². The van der Waals surface area contributed by atoms with E-state index in [-0.39, 0.29) is 34.0 Å². The average Bonchev–Trinajstić information content (AvgIpc) is 2.62. The number of ketones is 1. The Labute approximate surface area is 148 Å². The minimum atomic E-state index is -0.460. The standard InChI is InChI=1S/C20H16FNO4/c21-15-4-1-13(2-5-15)9-10-22-12-14(3-8-19(22)25)20(26)17-7-6-16(23)11-18(17)24/h1-8,11-12,23-24H,9-10H2. The number of benzene rings is 2. The van der Waals surface area contributed by atoms with E-state index in [0.717, 1.165) is 11.6 Å². The number of hydrogen-bond acceptors (Lipinski definition) is 4. The van der Waals surface area contributed by atoms with Gasteiger partial charge in [0.1, 0.15) is 17.3 Å². The summed E-state index contributed by atoms with van der Waals surface area (Å²) in [5.74, 6) is -1.27. The molecule has 0 aliphatic rings. The summed E-state index contributed by atoms with van der Waals surface area (Å²) in [5, 5.41) is 19.2. The lowest BCUT2D eigenvalue weighted by atomic mass is 10.0. The van der Waals surface area contributed by atoms with Gasteiger partial charge in [-0.05, 0) is 42.3 Å². The molecule has 6 heteroatoms. The van der Waals surface area contributed by atoms with Crippen LogP contribution in [0.1, 0.15) is 21.5 Å². The van der Waals surface area contributed by atoms with Crippen LogP contribution in [0.4, 0.5) is 4.39 Å². The van der Waals surface area contributed by atoms with Gasteiger partial charge in [0.25, 0.3) is 5.56 Å². The maximum atomic E-state index is 12.9. The fourth-order valence-electron chi connectivity index (χ4n) is 2.61. The summed E-state index contributed by atoms with van der Waals surface area (Å²) in [4.78, 5) is 24.6. The van der Waals surface area contributed by atoms with Crippen LogP contribution in [0.2, 0.25) is 0 Å². The van der Waals surface area contributed by atoms with Crippen LogP contribution < -0.4 is 5.56 Å². The molecule has 2 aromatic carbocycles. The molecule has 0 fully saturated rings. The molecule has 0 aliphatic heterocycles. The molecular formula is C20H16FNO4. The molecular weight excluding hydrogens is 337 g/mol. The van der Waals surface area contributed by atoms with Gasteiger partial charge in [-0.15, -0.1) is 0 Å². The van der Waals surface area contributed by atoms with Crippen molar-refractivity contribution in [3.05, 3.63) is 93.7 Å². The second-order valence-corrected chi connectivity index (χ2v) is 5.86. The van der Waals surface area contributed by atoms with Gasteiger partial charge in [-0.1, -0.05) is 12.1 Å². The van der Waals surface area contributed by atoms with Crippen LogP contribution in [0.5, 0.6) is 11.5 Å². The third-order valence-electron chi connectivity index (χ3n) is 4.03. The molecule has 1 heterocycles. The summed E-state index contributed by atoms with van der Waals surface area (Å²) < 4.78 is 14.3. The quantitative estimate of drug-likeness (QED) is 0.691. The summed E-state index contributed by atoms with van der Waals surface area (Å²) in [6.45, 7) is 0.327. The first-order chi connectivity index (χ1) is 12.4. The minimum absolute atomic E-state index is 0.0338. The van der Waals surface area contributed by atoms with Crippen molar-refractivity contribution in [3.63, 3.8) is 0 Å². The Morgan fingerprint density at radius 2 is 1.73 bits per heavy atom. The number of pyridine rings is 1. The van der Waals surface area contributed by atoms with Crippen molar-refractivity contribution >= 4 is 5.78 Å². The second-order valence-electron chi connectivity index (χ2n) is 5.86. The summed E-state index contributed by atoms with van der Waals surface area (Å²) in [5.41, 5.74) is 0.876. The lowest BCUT2D eigenvalue weighted by Gasteiger charge is -2.09. The maximum Gasteiger partial charge on any atom is 0.250 e. The van der Waals surface area contributed by atoms with Gasteiger partial charge in [0, 0.05) is 30.4 Å². The second kappa shape index (κ2) is 7.23. The Hall–Kier alpha value is -3.41. The lowest BCUT2D eigenvalue weighted by Crippen LogP contribution is -2.21. The Kier molecular flexibility index (Phi) is 4.84. The summed E-state index contributed by atoms with van der Waals surface area (Å²) in [7, 11) is 0. The number of phenols is 2. The topological polar surface area (TPSA) is 79.5 Å². The van der Waals surface area contributed by atoms with Gasteiger partial charge in [-0.25, -0.2) is 4.39 Å². The predicted molar refractivity (Wildman–Crippen MR) is 94.0 cm³/mol. The van der Waals surface area contributed by atoms with E-state index >= 15 is 0 Å². The Morgan fingerprint density at radius 1 is 1.00 bits per heavy atom. The van der Waals surface area contributed by atoms with Crippen molar-refractivity contribution in [1.29, 1.82) is 0 Å². The Morgan fingerprint density at radius 3 is 2.42 bits per heavy atom. The first kappa shape index (κ1) is 17.4. The Balaban J connectivity index is 1.83. The zero-order valence-electron chi connectivity index (χ0n) is 13.7. The molecule has 0 aliphatic carbocycles. The highest BCUT2D eigenvalue weighted by Crippen LogP contribution is 2.24. The van der Waals surface area contributed by atoms with Crippen molar-refractivity contribution in [2.75, 3.05) is 0 Å². The molecule has 0 unspecified atom stereocenters. The van der Waals surface area contributed by atoms with E-state index in [4.69, 9.17) is 0 Å². The summed E-state index contributed by atoms with van der Waals surface area (Å²) >= 11 is 0. The molecule has 132 valence electrons. The molecule has 0 saturated heterocycles. The van der Waals surface area contributed by atoms with E-state index in [9.17, 15) is 24.2 Å². The third-order valence-corrected chi connectivity index (χ3v) is 4.03. The normalized spacial score (nSPS) is 10.7. The Bertz CT molecular complexity index is 1010. The number of aromatic nitrogens is 1. The zero-order chi connectivity index (χ0) is 18.7. The third kappa shape index (κ3) is 3.80. The molecule has 26 heavy (non-hydrogen) atoms. The SMILES string of the molecule is O=C(c1ccc(=O)n(CCc2ccc(F)cc2)c1)c1ccc(O)cc1O. The molecule has 0 atom stereocenters. The van der Waals surface area contributed by atoms with Crippen LogP contribution in [-0.4, -0.2) is 20.6 Å². The lowest BCUT2D eigenvalue weighted by molar-refractivity contribution is 0.103. The number of nitrogens with zero attached hydrogens (tertiary/aromatic N) is 1. The smallest absolute Gasteiger partial charge is 0.250 e. The van der Waals surface area contributed by atoms with Gasteiger partial charge in [-0.3, -0.25) is 9.59 Å². The van der Waals surface area contributed by atoms with Crippen molar-refractivity contribution in [3.8, 4) is 11.5 Å². The van der Waals surface area contributed by atoms with E-state index in [1.807, 2.05) is 0 Å². The van der Waals surface area contributed by atoms with Crippen LogP contribution in [0, 0.1) is 5.82 Å². The van der Waals surface area contributed by atoms with Crippen molar-refractivity contribution in [2.24, 2.45) is 0 Å². The highest BCUT2D eigenvalue weighted by atomic mass is 19.1. The van der Waals surface area contributed by atoms with Crippen LogP contribution in [0.3, 0.4) is 0 Å². The number of carbonyl (C=O) groups excluding carboxylic acids is 1. The first-order valence-corrected chi connectivity index (χ1v) is 7.95. The molecule has 0 radical (unpaired) electrons. The number of carbonyl (C=O) groups is 1. The number of rotatable bonds is 5. The maximum absolute atomic E-state index is 12.9. The van der Waals surface area contributed by atoms with E-state index in [1.54, 1.807) is 12.1 Å². The fourth-order valence-corrected chi connectivity index (χ4v) is 2.61. The number of aromatic hydroxyl groups is 2. The first-order valence-electron chi connectivity index (χ1n) is 7.95. The average molecular weight is 353 g/mol. The van der Waals surface area contributed by atoms with Crippen LogP contribution in [-0.2, 0) is 13.0 Å². The van der Waals surface area contributed by atoms with Gasteiger partial charge in [-0.2, -0.15) is 0 Å². The van der Waals surface area contributed by atoms with Crippen LogP contribution >= 0.6 is 0 Å². The molecule has 0 saturated carbocycles. The minimum Gasteiger partial charge on any atom is -0.508 e. The van der Waals surface area contributed by atoms with Crippen LogP contribution in [0.25, 0.3) is 0 Å². The van der Waals surface area contributed by atoms with E-state index in [0.29, 0.717) is 13.0 Å². The van der Waals surface area contributed by atoms with Crippen LogP contribution in [0.15, 0.2) is 65.6 Å². The van der Waals surface area contributed by atoms with Gasteiger partial charge in [0.05, 0.1) is 5.56 Å². The zero-order valence-corrected chi connectivity index (χ0v) is 13.7. The summed E-state index contributed by atoms with van der Waals surface area (Å²) in [6.07, 6.45) is 1.93. The monoisotopic (exact) mass is 353 g/mol. The van der Waals surface area contributed by atoms with E-state index in [2.05, 4.69) is 0 Å². The molecule has 0 bridgehead atoms. The number of halogens is 1. The van der Waals surface area contributed by atoms with Gasteiger partial charge < -0.3 is 14.8 Å². The highest BCUT2D eigenvalue weighted by Gasteiger charge is 2.15. The molecule has 1 aromatic heterocycles. The van der Waals surface area contributed by atoms with Crippen molar-refractivity contribution in [1.82, 2.24) is 4.57 Å². The van der Waals surface area contributed by atoms with Gasteiger partial charge in [0.15, 0.2) is 5.78 Å². The van der Waals surface area contributed by atoms with Gasteiger partial charge in [0.2, 0.25) is 0 Å². The number of hydrogen-bond donors (Lipinski definition) is 2. The van der Waals surface area contributed by atoms with Crippen molar-refractivity contribution in [2.45, 2.75) is 13.0 Å². The molecule has 0 amide bonds. The largest absolute Gasteiger partial charge is 0.508 e. The molecule has 2 N–H and O–H groups in total. The molecule has 3 aromatic rings. The summed E-state index contributed by atoms with van der Waals surface area (Å²) in [6, 6.07) is 12.4. The fraction of sp³-hybridized carbons (Fsp3) is 0.100. The number of aryl methyl sites for hydroxylation is 2.